The number of hydrogen-bond donors (Lipinski definition) is 2. The monoisotopic (exact) mass is 292 g/mol. The van der Waals surface area contributed by atoms with Crippen LogP contribution in [-0.2, 0) is 6.42 Å². The van der Waals surface area contributed by atoms with Crippen molar-refractivity contribution in [1.82, 2.24) is 0 Å². The Balaban J connectivity index is 2.41. The molecule has 1 atom stereocenters. The van der Waals surface area contributed by atoms with Gasteiger partial charge in [0.1, 0.15) is 0 Å². The number of aryl methyl sites for hydroxylation is 1. The maximum atomic E-state index is 9.12. The van der Waals surface area contributed by atoms with Gasteiger partial charge in [-0.15, -0.1) is 0 Å². The van der Waals surface area contributed by atoms with Crippen molar-refractivity contribution in [1.29, 1.82) is 0 Å². The molecule has 72 valence electrons. The lowest BCUT2D eigenvalue weighted by Crippen LogP contribution is -2.12. The summed E-state index contributed by atoms with van der Waals surface area (Å²) in [5.74, 6) is 0. The lowest BCUT2D eigenvalue weighted by molar-refractivity contribution is 0.0886. The van der Waals surface area contributed by atoms with Crippen molar-refractivity contribution < 1.29 is 10.2 Å². The normalized spacial score (nSPS) is 12.8. The van der Waals surface area contributed by atoms with Gasteiger partial charge in [-0.2, -0.15) is 0 Å². The molecule has 0 radical (unpaired) electrons. The lowest BCUT2D eigenvalue weighted by atomic mass is 10.1. The Labute approximate surface area is 91.7 Å². The average molecular weight is 292 g/mol. The number of aliphatic hydroxyl groups excluding tert-OH is 2. The summed E-state index contributed by atoms with van der Waals surface area (Å²) in [6, 6.07) is 8.18. The SMILES string of the molecule is OC[C@H](O)CCc1ccc(I)cc1. The van der Waals surface area contributed by atoms with Crippen molar-refractivity contribution in [3.63, 3.8) is 0 Å². The van der Waals surface area contributed by atoms with Crippen molar-refractivity contribution in [2.75, 3.05) is 6.61 Å². The molecule has 0 aliphatic rings. The fourth-order valence-electron chi connectivity index (χ4n) is 1.08. The molecule has 2 nitrogen and oxygen atoms in total. The largest absolute Gasteiger partial charge is 0.394 e. The quantitative estimate of drug-likeness (QED) is 0.827. The summed E-state index contributed by atoms with van der Waals surface area (Å²) in [4.78, 5) is 0. The van der Waals surface area contributed by atoms with Crippen LogP contribution in [0.15, 0.2) is 24.3 Å². The molecule has 0 fully saturated rings. The van der Waals surface area contributed by atoms with Gasteiger partial charge >= 0.3 is 0 Å². The maximum Gasteiger partial charge on any atom is 0.0774 e. The van der Waals surface area contributed by atoms with Crippen molar-refractivity contribution >= 4 is 22.6 Å². The third kappa shape index (κ3) is 4.06. The van der Waals surface area contributed by atoms with Crippen molar-refractivity contribution in [2.24, 2.45) is 0 Å². The number of hydrogen-bond acceptors (Lipinski definition) is 2. The molecule has 0 heterocycles. The van der Waals surface area contributed by atoms with E-state index in [1.165, 1.54) is 9.13 Å². The summed E-state index contributed by atoms with van der Waals surface area (Å²) >= 11 is 2.26. The van der Waals surface area contributed by atoms with Gasteiger partial charge in [-0.3, -0.25) is 0 Å². The minimum atomic E-state index is -0.584. The van der Waals surface area contributed by atoms with E-state index in [4.69, 9.17) is 10.2 Å². The summed E-state index contributed by atoms with van der Waals surface area (Å²) in [5.41, 5.74) is 1.20. The molecular weight excluding hydrogens is 279 g/mol. The second kappa shape index (κ2) is 5.57. The van der Waals surface area contributed by atoms with E-state index in [9.17, 15) is 0 Å². The van der Waals surface area contributed by atoms with Gasteiger partial charge in [0.25, 0.3) is 0 Å². The van der Waals surface area contributed by atoms with Crippen molar-refractivity contribution in [3.8, 4) is 0 Å². The average Bonchev–Trinajstić information content (AvgIpc) is 2.16. The van der Waals surface area contributed by atoms with Gasteiger partial charge in [0.15, 0.2) is 0 Å². The lowest BCUT2D eigenvalue weighted by Gasteiger charge is -2.06. The Morgan fingerprint density at radius 3 is 2.38 bits per heavy atom. The van der Waals surface area contributed by atoms with Crippen LogP contribution in [0.3, 0.4) is 0 Å². The molecule has 13 heavy (non-hydrogen) atoms. The summed E-state index contributed by atoms with van der Waals surface area (Å²) < 4.78 is 1.21. The van der Waals surface area contributed by atoms with Gasteiger partial charge in [0.2, 0.25) is 0 Å². The number of rotatable bonds is 4. The van der Waals surface area contributed by atoms with Gasteiger partial charge in [0, 0.05) is 3.57 Å². The van der Waals surface area contributed by atoms with Crippen LogP contribution >= 0.6 is 22.6 Å². The Morgan fingerprint density at radius 2 is 1.85 bits per heavy atom. The van der Waals surface area contributed by atoms with Crippen LogP contribution in [0.5, 0.6) is 0 Å². The summed E-state index contributed by atoms with van der Waals surface area (Å²) in [7, 11) is 0. The maximum absolute atomic E-state index is 9.12. The summed E-state index contributed by atoms with van der Waals surface area (Å²) in [6.45, 7) is -0.148. The summed E-state index contributed by atoms with van der Waals surface area (Å²) in [6.07, 6.45) is 0.856. The first-order valence-electron chi connectivity index (χ1n) is 4.25. The van der Waals surface area contributed by atoms with Crippen molar-refractivity contribution in [2.45, 2.75) is 18.9 Å². The first-order valence-corrected chi connectivity index (χ1v) is 5.33. The van der Waals surface area contributed by atoms with Crippen LogP contribution in [0, 0.1) is 3.57 Å². The minimum absolute atomic E-state index is 0.148. The molecule has 0 saturated carbocycles. The predicted octanol–water partition coefficient (Wildman–Crippen LogP) is 1.58. The predicted molar refractivity (Wildman–Crippen MR) is 60.6 cm³/mol. The van der Waals surface area contributed by atoms with E-state index < -0.39 is 6.10 Å². The highest BCUT2D eigenvalue weighted by Gasteiger charge is 2.01. The standard InChI is InChI=1S/C10H13IO2/c11-9-4-1-8(2-5-9)3-6-10(13)7-12/h1-2,4-5,10,12-13H,3,6-7H2/t10-/m1/s1. The highest BCUT2D eigenvalue weighted by molar-refractivity contribution is 14.1. The molecule has 0 aromatic heterocycles. The first-order chi connectivity index (χ1) is 6.22. The Morgan fingerprint density at radius 1 is 1.23 bits per heavy atom. The zero-order valence-electron chi connectivity index (χ0n) is 7.28. The zero-order valence-corrected chi connectivity index (χ0v) is 9.44. The molecule has 0 aliphatic carbocycles. The van der Waals surface area contributed by atoms with Gasteiger partial charge in [-0.05, 0) is 53.1 Å². The smallest absolute Gasteiger partial charge is 0.0774 e. The first kappa shape index (κ1) is 10.9. The molecule has 1 aromatic carbocycles. The Hall–Kier alpha value is -0.130. The molecule has 2 N–H and O–H groups in total. The molecule has 1 rings (SSSR count). The van der Waals surface area contributed by atoms with Crippen LogP contribution in [-0.4, -0.2) is 22.9 Å². The zero-order chi connectivity index (χ0) is 9.68. The highest BCUT2D eigenvalue weighted by Crippen LogP contribution is 2.09. The second-order valence-corrected chi connectivity index (χ2v) is 4.25. The van der Waals surface area contributed by atoms with Gasteiger partial charge in [-0.25, -0.2) is 0 Å². The number of halogens is 1. The van der Waals surface area contributed by atoms with E-state index in [0.29, 0.717) is 6.42 Å². The molecule has 1 aromatic rings. The van der Waals surface area contributed by atoms with E-state index >= 15 is 0 Å². The molecule has 3 heteroatoms. The minimum Gasteiger partial charge on any atom is -0.394 e. The highest BCUT2D eigenvalue weighted by atomic mass is 127. The van der Waals surface area contributed by atoms with Gasteiger partial charge < -0.3 is 10.2 Å². The Bertz CT molecular complexity index is 246. The summed E-state index contributed by atoms with van der Waals surface area (Å²) in [5, 5.41) is 17.7. The van der Waals surface area contributed by atoms with E-state index in [2.05, 4.69) is 22.6 Å². The van der Waals surface area contributed by atoms with E-state index in [1.807, 2.05) is 24.3 Å². The van der Waals surface area contributed by atoms with Crippen LogP contribution in [0.2, 0.25) is 0 Å². The van der Waals surface area contributed by atoms with E-state index in [-0.39, 0.29) is 6.61 Å². The van der Waals surface area contributed by atoms with E-state index in [1.54, 1.807) is 0 Å². The topological polar surface area (TPSA) is 40.5 Å². The Kier molecular flexibility index (Phi) is 4.69. The van der Waals surface area contributed by atoms with Gasteiger partial charge in [0.05, 0.1) is 12.7 Å². The fourth-order valence-corrected chi connectivity index (χ4v) is 1.44. The number of aliphatic hydroxyl groups is 2. The fraction of sp³-hybridized carbons (Fsp3) is 0.400. The molecule has 0 unspecified atom stereocenters. The van der Waals surface area contributed by atoms with Crippen molar-refractivity contribution in [3.05, 3.63) is 33.4 Å². The molecular formula is C10H13IO2. The molecule has 0 aliphatic heterocycles. The van der Waals surface area contributed by atoms with Crippen LogP contribution in [0.4, 0.5) is 0 Å². The molecule has 0 saturated heterocycles. The molecule has 0 bridgehead atoms. The van der Waals surface area contributed by atoms with Gasteiger partial charge in [-0.1, -0.05) is 12.1 Å². The third-order valence-electron chi connectivity index (χ3n) is 1.89. The van der Waals surface area contributed by atoms with Crippen LogP contribution in [0.1, 0.15) is 12.0 Å². The third-order valence-corrected chi connectivity index (χ3v) is 2.61. The van der Waals surface area contributed by atoms with Crippen LogP contribution in [0.25, 0.3) is 0 Å². The van der Waals surface area contributed by atoms with E-state index in [0.717, 1.165) is 6.42 Å². The molecule has 0 spiro atoms. The number of benzene rings is 1. The second-order valence-electron chi connectivity index (χ2n) is 3.00. The molecule has 0 amide bonds. The van der Waals surface area contributed by atoms with Crippen LogP contribution < -0.4 is 0 Å².